The molecule has 1 heterocycles. The van der Waals surface area contributed by atoms with Gasteiger partial charge in [0.2, 0.25) is 0 Å². The number of hydrogen-bond acceptors (Lipinski definition) is 5. The monoisotopic (exact) mass is 344 g/mol. The van der Waals surface area contributed by atoms with Gasteiger partial charge in [0.05, 0.1) is 12.8 Å². The quantitative estimate of drug-likeness (QED) is 0.843. The van der Waals surface area contributed by atoms with Gasteiger partial charge < -0.3 is 14.6 Å². The molecule has 2 aromatic rings. The van der Waals surface area contributed by atoms with Crippen LogP contribution in [-0.2, 0) is 9.53 Å². The second kappa shape index (κ2) is 6.81. The van der Waals surface area contributed by atoms with Crippen LogP contribution in [0, 0.1) is 0 Å². The highest BCUT2D eigenvalue weighted by atomic mass is 19.4. The highest BCUT2D eigenvalue weighted by Crippen LogP contribution is 2.36. The van der Waals surface area contributed by atoms with Gasteiger partial charge in [0, 0.05) is 23.4 Å². The van der Waals surface area contributed by atoms with E-state index in [1.54, 1.807) is 13.8 Å². The van der Waals surface area contributed by atoms with E-state index in [2.05, 4.69) is 9.84 Å². The van der Waals surface area contributed by atoms with Crippen molar-refractivity contribution in [2.45, 2.75) is 26.3 Å². The summed E-state index contributed by atoms with van der Waals surface area (Å²) in [4.78, 5) is 11.7. The lowest BCUT2D eigenvalue weighted by atomic mass is 10.1. The summed E-state index contributed by atoms with van der Waals surface area (Å²) in [7, 11) is 0. The summed E-state index contributed by atoms with van der Waals surface area (Å²) in [5, 5.41) is 13.3. The SMILES string of the molecule is CCOC(=O)C(C)n1cc(-c2ccc(O)cc2OC(F)(F)F)cn1. The van der Waals surface area contributed by atoms with Gasteiger partial charge in [-0.25, -0.2) is 4.79 Å². The number of nitrogens with zero attached hydrogens (tertiary/aromatic N) is 2. The second-order valence-corrected chi connectivity index (χ2v) is 4.87. The number of aromatic nitrogens is 2. The number of benzene rings is 1. The van der Waals surface area contributed by atoms with E-state index in [0.717, 1.165) is 6.07 Å². The first-order chi connectivity index (χ1) is 11.2. The average Bonchev–Trinajstić information content (AvgIpc) is 2.94. The van der Waals surface area contributed by atoms with Crippen molar-refractivity contribution in [3.8, 4) is 22.6 Å². The number of aromatic hydroxyl groups is 1. The van der Waals surface area contributed by atoms with Crippen molar-refractivity contribution in [3.05, 3.63) is 30.6 Å². The first kappa shape index (κ1) is 17.6. The summed E-state index contributed by atoms with van der Waals surface area (Å²) in [6.07, 6.45) is -2.21. The minimum Gasteiger partial charge on any atom is -0.508 e. The summed E-state index contributed by atoms with van der Waals surface area (Å²) in [6, 6.07) is 2.62. The fourth-order valence-electron chi connectivity index (χ4n) is 2.02. The molecule has 2 rings (SSSR count). The first-order valence-corrected chi connectivity index (χ1v) is 7.01. The van der Waals surface area contributed by atoms with Gasteiger partial charge in [-0.2, -0.15) is 5.10 Å². The normalized spacial score (nSPS) is 12.7. The van der Waals surface area contributed by atoms with E-state index < -0.39 is 24.1 Å². The highest BCUT2D eigenvalue weighted by Gasteiger charge is 2.32. The molecule has 0 saturated carbocycles. The van der Waals surface area contributed by atoms with Crippen LogP contribution in [0.3, 0.4) is 0 Å². The zero-order valence-corrected chi connectivity index (χ0v) is 12.9. The maximum atomic E-state index is 12.5. The molecule has 0 amide bonds. The minimum absolute atomic E-state index is 0.0763. The Labute approximate surface area is 135 Å². The number of esters is 1. The number of rotatable bonds is 5. The Morgan fingerprint density at radius 2 is 2.12 bits per heavy atom. The van der Waals surface area contributed by atoms with Gasteiger partial charge in [0.15, 0.2) is 0 Å². The fourth-order valence-corrected chi connectivity index (χ4v) is 2.02. The maximum Gasteiger partial charge on any atom is 0.573 e. The van der Waals surface area contributed by atoms with Gasteiger partial charge >= 0.3 is 12.3 Å². The van der Waals surface area contributed by atoms with E-state index in [4.69, 9.17) is 4.74 Å². The smallest absolute Gasteiger partial charge is 0.508 e. The van der Waals surface area contributed by atoms with Crippen molar-refractivity contribution in [1.29, 1.82) is 0 Å². The molecule has 9 heteroatoms. The van der Waals surface area contributed by atoms with E-state index in [-0.39, 0.29) is 17.9 Å². The Morgan fingerprint density at radius 3 is 2.75 bits per heavy atom. The molecule has 1 N–H and O–H groups in total. The molecule has 1 aromatic heterocycles. The van der Waals surface area contributed by atoms with Gasteiger partial charge in [0.1, 0.15) is 17.5 Å². The van der Waals surface area contributed by atoms with Gasteiger partial charge in [-0.1, -0.05) is 0 Å². The molecule has 130 valence electrons. The van der Waals surface area contributed by atoms with Crippen LogP contribution in [0.1, 0.15) is 19.9 Å². The molecule has 0 saturated heterocycles. The largest absolute Gasteiger partial charge is 0.573 e. The van der Waals surface area contributed by atoms with Crippen LogP contribution in [0.2, 0.25) is 0 Å². The lowest BCUT2D eigenvalue weighted by Gasteiger charge is -2.13. The van der Waals surface area contributed by atoms with E-state index in [1.807, 2.05) is 0 Å². The molecule has 0 aliphatic heterocycles. The molecule has 1 atom stereocenters. The standard InChI is InChI=1S/C15H15F3N2O4/c1-3-23-14(22)9(2)20-8-10(7-19-20)12-5-4-11(21)6-13(12)24-15(16,17)18/h4-9,21H,3H2,1-2H3. The predicted octanol–water partition coefficient (Wildman–Crippen LogP) is 3.28. The summed E-state index contributed by atoms with van der Waals surface area (Å²) >= 11 is 0. The summed E-state index contributed by atoms with van der Waals surface area (Å²) in [5.74, 6) is -1.44. The molecule has 0 fully saturated rings. The number of phenols is 1. The molecule has 6 nitrogen and oxygen atoms in total. The highest BCUT2D eigenvalue weighted by molar-refractivity contribution is 5.74. The molecule has 0 aliphatic rings. The molecule has 0 radical (unpaired) electrons. The number of carbonyl (C=O) groups excluding carboxylic acids is 1. The van der Waals surface area contributed by atoms with Crippen molar-refractivity contribution in [2.24, 2.45) is 0 Å². The Morgan fingerprint density at radius 1 is 1.42 bits per heavy atom. The lowest BCUT2D eigenvalue weighted by molar-refractivity contribution is -0.274. The Kier molecular flexibility index (Phi) is 5.01. The topological polar surface area (TPSA) is 73.6 Å². The first-order valence-electron chi connectivity index (χ1n) is 7.01. The maximum absolute atomic E-state index is 12.5. The average molecular weight is 344 g/mol. The van der Waals surface area contributed by atoms with Gasteiger partial charge in [-0.3, -0.25) is 4.68 Å². The summed E-state index contributed by atoms with van der Waals surface area (Å²) in [6.45, 7) is 3.42. The van der Waals surface area contributed by atoms with Gasteiger partial charge in [-0.05, 0) is 26.0 Å². The van der Waals surface area contributed by atoms with E-state index >= 15 is 0 Å². The Balaban J connectivity index is 2.34. The van der Waals surface area contributed by atoms with Crippen molar-refractivity contribution in [3.63, 3.8) is 0 Å². The van der Waals surface area contributed by atoms with Crippen LogP contribution in [0.15, 0.2) is 30.6 Å². The predicted molar refractivity (Wildman–Crippen MR) is 77.4 cm³/mol. The fraction of sp³-hybridized carbons (Fsp3) is 0.333. The number of hydrogen-bond donors (Lipinski definition) is 1. The Bertz CT molecular complexity index is 728. The van der Waals surface area contributed by atoms with Crippen LogP contribution >= 0.6 is 0 Å². The number of phenolic OH excluding ortho intramolecular Hbond substituents is 1. The summed E-state index contributed by atoms with van der Waals surface area (Å²) < 4.78 is 47.6. The van der Waals surface area contributed by atoms with Gasteiger partial charge in [0.25, 0.3) is 0 Å². The van der Waals surface area contributed by atoms with Crippen molar-refractivity contribution >= 4 is 5.97 Å². The molecule has 0 aliphatic carbocycles. The third-order valence-electron chi connectivity index (χ3n) is 3.13. The molecule has 24 heavy (non-hydrogen) atoms. The van der Waals surface area contributed by atoms with Crippen LogP contribution in [0.4, 0.5) is 13.2 Å². The third kappa shape index (κ3) is 4.18. The van der Waals surface area contributed by atoms with Crippen molar-refractivity contribution < 1.29 is 32.5 Å². The van der Waals surface area contributed by atoms with E-state index in [9.17, 15) is 23.1 Å². The number of alkyl halides is 3. The number of ether oxygens (including phenoxy) is 2. The van der Waals surface area contributed by atoms with Crippen LogP contribution in [0.25, 0.3) is 11.1 Å². The Hall–Kier alpha value is -2.71. The van der Waals surface area contributed by atoms with Crippen molar-refractivity contribution in [1.82, 2.24) is 9.78 Å². The molecular formula is C15H15F3N2O4. The third-order valence-corrected chi connectivity index (χ3v) is 3.13. The van der Waals surface area contributed by atoms with E-state index in [1.165, 1.54) is 29.2 Å². The van der Waals surface area contributed by atoms with Crippen LogP contribution in [0.5, 0.6) is 11.5 Å². The van der Waals surface area contributed by atoms with Crippen LogP contribution in [-0.4, -0.2) is 33.8 Å². The van der Waals surface area contributed by atoms with Crippen LogP contribution < -0.4 is 4.74 Å². The second-order valence-electron chi connectivity index (χ2n) is 4.87. The zero-order chi connectivity index (χ0) is 17.9. The number of halogens is 3. The van der Waals surface area contributed by atoms with Gasteiger partial charge in [-0.15, -0.1) is 13.2 Å². The summed E-state index contributed by atoms with van der Waals surface area (Å²) in [5.41, 5.74) is 0.373. The molecule has 0 bridgehead atoms. The molecule has 1 unspecified atom stereocenters. The van der Waals surface area contributed by atoms with Crippen molar-refractivity contribution in [2.75, 3.05) is 6.61 Å². The minimum atomic E-state index is -4.91. The molecular weight excluding hydrogens is 329 g/mol. The van der Waals surface area contributed by atoms with E-state index in [0.29, 0.717) is 5.56 Å². The number of carbonyl (C=O) groups is 1. The molecule has 0 spiro atoms. The zero-order valence-electron chi connectivity index (χ0n) is 12.9. The lowest BCUT2D eigenvalue weighted by Crippen LogP contribution is -2.19. The molecule has 1 aromatic carbocycles.